The first-order chi connectivity index (χ1) is 6.70. The van der Waals surface area contributed by atoms with Gasteiger partial charge >= 0.3 is 0 Å². The standard InChI is InChI=1S/C9H5BrClIN2/c10-5-1-2-6-7(3-5)13-8(4-11)14-9(6)12/h1-3H,4H2. The number of hydrogen-bond donors (Lipinski definition) is 0. The number of rotatable bonds is 1. The molecule has 1 heterocycles. The molecular formula is C9H5BrClIN2. The van der Waals surface area contributed by atoms with Gasteiger partial charge in [0.2, 0.25) is 0 Å². The third-order valence-electron chi connectivity index (χ3n) is 1.78. The highest BCUT2D eigenvalue weighted by atomic mass is 127. The number of aromatic nitrogens is 2. The number of nitrogens with zero attached hydrogens (tertiary/aromatic N) is 2. The maximum atomic E-state index is 5.70. The van der Waals surface area contributed by atoms with Gasteiger partial charge in [-0.3, -0.25) is 0 Å². The molecule has 0 spiro atoms. The lowest BCUT2D eigenvalue weighted by molar-refractivity contribution is 1.04. The quantitative estimate of drug-likeness (QED) is 0.426. The SMILES string of the molecule is ClCc1nc(I)c2ccc(Br)cc2n1. The van der Waals surface area contributed by atoms with Gasteiger partial charge in [-0.05, 0) is 40.8 Å². The zero-order chi connectivity index (χ0) is 10.1. The second-order valence-electron chi connectivity index (χ2n) is 2.73. The van der Waals surface area contributed by atoms with Crippen LogP contribution >= 0.6 is 50.1 Å². The van der Waals surface area contributed by atoms with Crippen molar-refractivity contribution in [3.63, 3.8) is 0 Å². The van der Waals surface area contributed by atoms with Crippen LogP contribution < -0.4 is 0 Å². The highest BCUT2D eigenvalue weighted by Gasteiger charge is 2.04. The Bertz CT molecular complexity index is 489. The maximum absolute atomic E-state index is 5.70. The molecule has 1 aromatic heterocycles. The Morgan fingerprint density at radius 1 is 1.36 bits per heavy atom. The summed E-state index contributed by atoms with van der Waals surface area (Å²) in [6.07, 6.45) is 0. The highest BCUT2D eigenvalue weighted by molar-refractivity contribution is 14.1. The Labute approximate surface area is 108 Å². The van der Waals surface area contributed by atoms with Crippen LogP contribution in [0.5, 0.6) is 0 Å². The van der Waals surface area contributed by atoms with Gasteiger partial charge in [0.05, 0.1) is 11.4 Å². The van der Waals surface area contributed by atoms with Crippen molar-refractivity contribution < 1.29 is 0 Å². The van der Waals surface area contributed by atoms with Crippen molar-refractivity contribution >= 4 is 61.0 Å². The van der Waals surface area contributed by atoms with Crippen molar-refractivity contribution in [1.82, 2.24) is 9.97 Å². The van der Waals surface area contributed by atoms with E-state index in [1.54, 1.807) is 0 Å². The van der Waals surface area contributed by atoms with E-state index < -0.39 is 0 Å². The molecule has 1 aromatic carbocycles. The first-order valence-corrected chi connectivity index (χ1v) is 6.29. The van der Waals surface area contributed by atoms with E-state index in [-0.39, 0.29) is 0 Å². The molecule has 14 heavy (non-hydrogen) atoms. The van der Waals surface area contributed by atoms with Crippen LogP contribution in [0.25, 0.3) is 10.9 Å². The van der Waals surface area contributed by atoms with Crippen LogP contribution in [0, 0.1) is 3.70 Å². The van der Waals surface area contributed by atoms with Crippen LogP contribution in [0.15, 0.2) is 22.7 Å². The number of hydrogen-bond acceptors (Lipinski definition) is 2. The van der Waals surface area contributed by atoms with Gasteiger partial charge in [-0.25, -0.2) is 9.97 Å². The van der Waals surface area contributed by atoms with E-state index in [4.69, 9.17) is 11.6 Å². The molecule has 0 saturated heterocycles. The average molecular weight is 383 g/mol. The van der Waals surface area contributed by atoms with E-state index in [0.717, 1.165) is 19.1 Å². The van der Waals surface area contributed by atoms with Gasteiger partial charge < -0.3 is 0 Å². The second kappa shape index (κ2) is 4.28. The Hall–Kier alpha value is 0.0600. The van der Waals surface area contributed by atoms with Crippen LogP contribution in [-0.4, -0.2) is 9.97 Å². The maximum Gasteiger partial charge on any atom is 0.144 e. The number of fused-ring (bicyclic) bond motifs is 1. The van der Waals surface area contributed by atoms with Crippen molar-refractivity contribution in [2.24, 2.45) is 0 Å². The Morgan fingerprint density at radius 2 is 2.14 bits per heavy atom. The fourth-order valence-electron chi connectivity index (χ4n) is 1.17. The van der Waals surface area contributed by atoms with Crippen molar-refractivity contribution in [3.8, 4) is 0 Å². The lowest BCUT2D eigenvalue weighted by Gasteiger charge is -2.02. The molecule has 0 unspecified atom stereocenters. The van der Waals surface area contributed by atoms with Crippen molar-refractivity contribution in [2.45, 2.75) is 5.88 Å². The van der Waals surface area contributed by atoms with Crippen molar-refractivity contribution in [1.29, 1.82) is 0 Å². The summed E-state index contributed by atoms with van der Waals surface area (Å²) in [6, 6.07) is 5.95. The molecule has 0 aliphatic heterocycles. The summed E-state index contributed by atoms with van der Waals surface area (Å²) in [6.45, 7) is 0. The molecule has 5 heteroatoms. The van der Waals surface area contributed by atoms with Gasteiger partial charge in [0, 0.05) is 9.86 Å². The minimum Gasteiger partial charge on any atom is -0.231 e. The van der Waals surface area contributed by atoms with E-state index >= 15 is 0 Å². The van der Waals surface area contributed by atoms with Crippen LogP contribution in [0.1, 0.15) is 5.82 Å². The fraction of sp³-hybridized carbons (Fsp3) is 0.111. The number of halogens is 3. The molecule has 0 fully saturated rings. The summed E-state index contributed by atoms with van der Waals surface area (Å²) < 4.78 is 1.95. The molecule has 0 aliphatic carbocycles. The molecule has 2 rings (SSSR count). The minimum absolute atomic E-state index is 0.346. The zero-order valence-corrected chi connectivity index (χ0v) is 11.5. The molecule has 72 valence electrons. The Morgan fingerprint density at radius 3 is 2.86 bits per heavy atom. The first kappa shape index (κ1) is 10.6. The van der Waals surface area contributed by atoms with Crippen molar-refractivity contribution in [2.75, 3.05) is 0 Å². The van der Waals surface area contributed by atoms with E-state index in [0.29, 0.717) is 11.7 Å². The largest absolute Gasteiger partial charge is 0.231 e. The molecule has 0 radical (unpaired) electrons. The summed E-state index contributed by atoms with van der Waals surface area (Å²) >= 11 is 11.3. The van der Waals surface area contributed by atoms with E-state index in [9.17, 15) is 0 Å². The number of benzene rings is 1. The highest BCUT2D eigenvalue weighted by Crippen LogP contribution is 2.22. The topological polar surface area (TPSA) is 25.8 Å². The van der Waals surface area contributed by atoms with Crippen LogP contribution in [0.2, 0.25) is 0 Å². The molecular weight excluding hydrogens is 378 g/mol. The van der Waals surface area contributed by atoms with Crippen LogP contribution in [0.3, 0.4) is 0 Å². The molecule has 0 atom stereocenters. The van der Waals surface area contributed by atoms with E-state index in [1.807, 2.05) is 18.2 Å². The minimum atomic E-state index is 0.346. The average Bonchev–Trinajstić information content (AvgIpc) is 2.16. The molecule has 2 nitrogen and oxygen atoms in total. The predicted molar refractivity (Wildman–Crippen MR) is 69.5 cm³/mol. The van der Waals surface area contributed by atoms with Crippen molar-refractivity contribution in [3.05, 3.63) is 32.2 Å². The van der Waals surface area contributed by atoms with Gasteiger partial charge in [-0.1, -0.05) is 15.9 Å². The summed E-state index contributed by atoms with van der Waals surface area (Å²) in [5, 5.41) is 1.06. The summed E-state index contributed by atoms with van der Waals surface area (Å²) in [4.78, 5) is 8.62. The predicted octanol–water partition coefficient (Wildman–Crippen LogP) is 3.74. The summed E-state index contributed by atoms with van der Waals surface area (Å²) in [5.41, 5.74) is 0.925. The van der Waals surface area contributed by atoms with Gasteiger partial charge in [0.1, 0.15) is 9.53 Å². The molecule has 0 saturated carbocycles. The Kier molecular flexibility index (Phi) is 3.23. The molecule has 0 N–H and O–H groups in total. The number of alkyl halides is 1. The summed E-state index contributed by atoms with van der Waals surface area (Å²) in [5.74, 6) is 1.01. The van der Waals surface area contributed by atoms with Gasteiger partial charge in [0.25, 0.3) is 0 Å². The van der Waals surface area contributed by atoms with E-state index in [2.05, 4.69) is 48.5 Å². The third kappa shape index (κ3) is 2.01. The van der Waals surface area contributed by atoms with E-state index in [1.165, 1.54) is 0 Å². The smallest absolute Gasteiger partial charge is 0.144 e. The second-order valence-corrected chi connectivity index (χ2v) is 4.93. The van der Waals surface area contributed by atoms with Crippen LogP contribution in [-0.2, 0) is 5.88 Å². The fourth-order valence-corrected chi connectivity index (χ4v) is 2.37. The first-order valence-electron chi connectivity index (χ1n) is 3.88. The van der Waals surface area contributed by atoms with Gasteiger partial charge in [-0.15, -0.1) is 11.6 Å². The summed E-state index contributed by atoms with van der Waals surface area (Å²) in [7, 11) is 0. The normalized spacial score (nSPS) is 10.8. The Balaban J connectivity index is 2.77. The molecule has 0 aliphatic rings. The van der Waals surface area contributed by atoms with Gasteiger partial charge in [0.15, 0.2) is 0 Å². The lowest BCUT2D eigenvalue weighted by Crippen LogP contribution is -1.95. The lowest BCUT2D eigenvalue weighted by atomic mass is 10.2. The third-order valence-corrected chi connectivity index (χ3v) is 3.33. The molecule has 2 aromatic rings. The zero-order valence-electron chi connectivity index (χ0n) is 6.97. The van der Waals surface area contributed by atoms with Crippen LogP contribution in [0.4, 0.5) is 0 Å². The monoisotopic (exact) mass is 382 g/mol. The van der Waals surface area contributed by atoms with Gasteiger partial charge in [-0.2, -0.15) is 0 Å². The molecule has 0 amide bonds. The molecule has 0 bridgehead atoms.